The number of carbonyl (C=O) groups is 1. The molecular weight excluding hydrogens is 298 g/mol. The summed E-state index contributed by atoms with van der Waals surface area (Å²) in [4.78, 5) is 14.4. The molecular formula is C15H15N5OS. The number of thiophene rings is 1. The predicted molar refractivity (Wildman–Crippen MR) is 85.7 cm³/mol. The molecule has 2 aromatic heterocycles. The number of benzene rings is 1. The van der Waals surface area contributed by atoms with Crippen molar-refractivity contribution in [2.75, 3.05) is 5.32 Å². The quantitative estimate of drug-likeness (QED) is 0.803. The first-order valence-corrected chi connectivity index (χ1v) is 7.69. The van der Waals surface area contributed by atoms with Crippen LogP contribution in [0.1, 0.15) is 11.1 Å². The van der Waals surface area contributed by atoms with Crippen molar-refractivity contribution in [1.29, 1.82) is 0 Å². The minimum absolute atomic E-state index is 0.0339. The van der Waals surface area contributed by atoms with Crippen LogP contribution in [0.15, 0.2) is 35.7 Å². The molecule has 0 aliphatic heterocycles. The number of amides is 1. The molecule has 0 atom stereocenters. The first-order chi connectivity index (χ1) is 10.6. The van der Waals surface area contributed by atoms with Gasteiger partial charge in [-0.1, -0.05) is 24.3 Å². The van der Waals surface area contributed by atoms with Gasteiger partial charge in [0, 0.05) is 5.69 Å². The average molecular weight is 313 g/mol. The molecule has 112 valence electrons. The zero-order chi connectivity index (χ0) is 15.5. The number of aromatic nitrogens is 4. The second-order valence-corrected chi connectivity index (χ2v) is 5.88. The van der Waals surface area contributed by atoms with E-state index in [4.69, 9.17) is 0 Å². The van der Waals surface area contributed by atoms with Crippen LogP contribution >= 0.6 is 11.3 Å². The lowest BCUT2D eigenvalue weighted by molar-refractivity contribution is -0.117. The Kier molecular flexibility index (Phi) is 3.97. The highest BCUT2D eigenvalue weighted by Crippen LogP contribution is 2.20. The lowest BCUT2D eigenvalue weighted by Crippen LogP contribution is -2.21. The van der Waals surface area contributed by atoms with Gasteiger partial charge >= 0.3 is 0 Å². The highest BCUT2D eigenvalue weighted by molar-refractivity contribution is 7.13. The summed E-state index contributed by atoms with van der Waals surface area (Å²) < 4.78 is 0. The van der Waals surface area contributed by atoms with Crippen molar-refractivity contribution in [3.8, 4) is 10.7 Å². The summed E-state index contributed by atoms with van der Waals surface area (Å²) in [6, 6.07) is 9.74. The van der Waals surface area contributed by atoms with Crippen molar-refractivity contribution in [2.24, 2.45) is 0 Å². The number of anilines is 1. The van der Waals surface area contributed by atoms with Crippen molar-refractivity contribution >= 4 is 22.9 Å². The summed E-state index contributed by atoms with van der Waals surface area (Å²) in [6.07, 6.45) is 0. The van der Waals surface area contributed by atoms with Crippen LogP contribution < -0.4 is 5.32 Å². The molecule has 2 heterocycles. The third kappa shape index (κ3) is 3.04. The number of aryl methyl sites for hydroxylation is 2. The van der Waals surface area contributed by atoms with Crippen molar-refractivity contribution < 1.29 is 4.79 Å². The molecule has 3 rings (SSSR count). The molecule has 0 fully saturated rings. The van der Waals surface area contributed by atoms with Gasteiger partial charge in [-0.2, -0.15) is 4.80 Å². The van der Waals surface area contributed by atoms with Crippen molar-refractivity contribution in [1.82, 2.24) is 20.2 Å². The third-order valence-corrected chi connectivity index (χ3v) is 4.09. The average Bonchev–Trinajstić information content (AvgIpc) is 3.13. The molecule has 0 aliphatic carbocycles. The smallest absolute Gasteiger partial charge is 0.248 e. The molecule has 22 heavy (non-hydrogen) atoms. The zero-order valence-corrected chi connectivity index (χ0v) is 13.1. The number of tetrazole rings is 1. The first kappa shape index (κ1) is 14.4. The molecule has 0 saturated carbocycles. The summed E-state index contributed by atoms with van der Waals surface area (Å²) in [7, 11) is 0. The van der Waals surface area contributed by atoms with Gasteiger partial charge in [0.25, 0.3) is 0 Å². The Morgan fingerprint density at radius 3 is 2.68 bits per heavy atom. The fourth-order valence-electron chi connectivity index (χ4n) is 2.13. The molecule has 1 N–H and O–H groups in total. The van der Waals surface area contributed by atoms with E-state index < -0.39 is 0 Å². The van der Waals surface area contributed by atoms with Crippen LogP contribution in [-0.4, -0.2) is 26.1 Å². The monoisotopic (exact) mass is 313 g/mol. The SMILES string of the molecule is Cc1cccc(C)c1NC(=O)Cn1nnc(-c2cccs2)n1. The van der Waals surface area contributed by atoms with Crippen LogP contribution in [0, 0.1) is 13.8 Å². The molecule has 0 radical (unpaired) electrons. The summed E-state index contributed by atoms with van der Waals surface area (Å²) >= 11 is 1.54. The van der Waals surface area contributed by atoms with Gasteiger partial charge in [0.1, 0.15) is 6.54 Å². The fourth-order valence-corrected chi connectivity index (χ4v) is 2.78. The van der Waals surface area contributed by atoms with Crippen LogP contribution in [-0.2, 0) is 11.3 Å². The number of nitrogens with zero attached hydrogens (tertiary/aromatic N) is 4. The maximum absolute atomic E-state index is 12.1. The maximum Gasteiger partial charge on any atom is 0.248 e. The second kappa shape index (κ2) is 6.07. The van der Waals surface area contributed by atoms with E-state index in [2.05, 4.69) is 20.7 Å². The minimum Gasteiger partial charge on any atom is -0.324 e. The van der Waals surface area contributed by atoms with Gasteiger partial charge in [0.2, 0.25) is 11.7 Å². The summed E-state index contributed by atoms with van der Waals surface area (Å²) in [5.41, 5.74) is 2.89. The second-order valence-electron chi connectivity index (χ2n) is 4.94. The molecule has 7 heteroatoms. The molecule has 0 spiro atoms. The molecule has 3 aromatic rings. The Morgan fingerprint density at radius 1 is 1.23 bits per heavy atom. The standard InChI is InChI=1S/C15H15N5OS/c1-10-5-3-6-11(2)14(10)16-13(21)9-20-18-15(17-19-20)12-7-4-8-22-12/h3-8H,9H2,1-2H3,(H,16,21). The third-order valence-electron chi connectivity index (χ3n) is 3.22. The summed E-state index contributed by atoms with van der Waals surface area (Å²) in [6.45, 7) is 3.96. The number of carbonyl (C=O) groups excluding carboxylic acids is 1. The van der Waals surface area contributed by atoms with E-state index in [1.165, 1.54) is 16.1 Å². The number of hydrogen-bond acceptors (Lipinski definition) is 5. The molecule has 0 bridgehead atoms. The van der Waals surface area contributed by atoms with Gasteiger partial charge in [-0.05, 0) is 41.6 Å². The zero-order valence-electron chi connectivity index (χ0n) is 12.3. The van der Waals surface area contributed by atoms with Gasteiger partial charge in [-0.3, -0.25) is 4.79 Å². The van der Waals surface area contributed by atoms with E-state index in [0.29, 0.717) is 5.82 Å². The van der Waals surface area contributed by atoms with E-state index in [1.54, 1.807) is 0 Å². The molecule has 0 aliphatic rings. The minimum atomic E-state index is -0.174. The Labute approximate surface area is 131 Å². The summed E-state index contributed by atoms with van der Waals surface area (Å²) in [5.74, 6) is 0.363. The molecule has 1 aromatic carbocycles. The number of hydrogen-bond donors (Lipinski definition) is 1. The maximum atomic E-state index is 12.1. The predicted octanol–water partition coefficient (Wildman–Crippen LogP) is 2.66. The van der Waals surface area contributed by atoms with Crippen molar-refractivity contribution in [2.45, 2.75) is 20.4 Å². The van der Waals surface area contributed by atoms with Gasteiger partial charge in [-0.15, -0.1) is 21.5 Å². The normalized spacial score (nSPS) is 10.6. The van der Waals surface area contributed by atoms with E-state index in [1.807, 2.05) is 49.6 Å². The first-order valence-electron chi connectivity index (χ1n) is 6.81. The van der Waals surface area contributed by atoms with Crippen LogP contribution in [0.2, 0.25) is 0 Å². The Hall–Kier alpha value is -2.54. The molecule has 0 unspecified atom stereocenters. The molecule has 1 amide bonds. The number of rotatable bonds is 4. The van der Waals surface area contributed by atoms with E-state index in [-0.39, 0.29) is 12.5 Å². The van der Waals surface area contributed by atoms with E-state index in [0.717, 1.165) is 21.7 Å². The van der Waals surface area contributed by atoms with Gasteiger partial charge in [-0.25, -0.2) is 0 Å². The molecule has 6 nitrogen and oxygen atoms in total. The Balaban J connectivity index is 1.70. The van der Waals surface area contributed by atoms with Gasteiger partial charge in [0.15, 0.2) is 0 Å². The summed E-state index contributed by atoms with van der Waals surface area (Å²) in [5, 5.41) is 17.0. The topological polar surface area (TPSA) is 72.7 Å². The Bertz CT molecular complexity index is 774. The number of nitrogens with one attached hydrogen (secondary N) is 1. The lowest BCUT2D eigenvalue weighted by atomic mass is 10.1. The van der Waals surface area contributed by atoms with Crippen LogP contribution in [0.4, 0.5) is 5.69 Å². The number of para-hydroxylation sites is 1. The van der Waals surface area contributed by atoms with Crippen LogP contribution in [0.5, 0.6) is 0 Å². The Morgan fingerprint density at radius 2 is 2.00 bits per heavy atom. The molecule has 0 saturated heterocycles. The van der Waals surface area contributed by atoms with Crippen molar-refractivity contribution in [3.05, 3.63) is 46.8 Å². The van der Waals surface area contributed by atoms with E-state index >= 15 is 0 Å². The fraction of sp³-hybridized carbons (Fsp3) is 0.200. The van der Waals surface area contributed by atoms with Crippen LogP contribution in [0.25, 0.3) is 10.7 Å². The highest BCUT2D eigenvalue weighted by atomic mass is 32.1. The highest BCUT2D eigenvalue weighted by Gasteiger charge is 2.11. The lowest BCUT2D eigenvalue weighted by Gasteiger charge is -2.10. The van der Waals surface area contributed by atoms with Crippen LogP contribution in [0.3, 0.4) is 0 Å². The van der Waals surface area contributed by atoms with E-state index in [9.17, 15) is 4.79 Å². The van der Waals surface area contributed by atoms with Gasteiger partial charge in [0.05, 0.1) is 4.88 Å². The van der Waals surface area contributed by atoms with Gasteiger partial charge < -0.3 is 5.32 Å². The largest absolute Gasteiger partial charge is 0.324 e. The van der Waals surface area contributed by atoms with Crippen molar-refractivity contribution in [3.63, 3.8) is 0 Å².